The number of nitrogens with zero attached hydrogens (tertiary/aromatic N) is 2. The summed E-state index contributed by atoms with van der Waals surface area (Å²) < 4.78 is 28.1. The lowest BCUT2D eigenvalue weighted by Gasteiger charge is -2.08. The number of fused-ring (bicyclic) bond motifs is 1. The molecule has 3 aromatic rings. The van der Waals surface area contributed by atoms with Crippen molar-refractivity contribution in [1.29, 1.82) is 0 Å². The van der Waals surface area contributed by atoms with Gasteiger partial charge in [0.15, 0.2) is 0 Å². The number of sulfonamides is 1. The number of thiazole rings is 1. The molecule has 21 heavy (non-hydrogen) atoms. The fourth-order valence-electron chi connectivity index (χ4n) is 1.82. The Hall–Kier alpha value is -2.19. The highest BCUT2D eigenvalue weighted by Gasteiger charge is 2.15. The van der Waals surface area contributed by atoms with Gasteiger partial charge < -0.3 is 5.32 Å². The summed E-state index contributed by atoms with van der Waals surface area (Å²) in [5, 5.41) is 2.84. The van der Waals surface area contributed by atoms with Gasteiger partial charge in [0.25, 0.3) is 10.0 Å². The van der Waals surface area contributed by atoms with Crippen molar-refractivity contribution >= 4 is 43.1 Å². The van der Waals surface area contributed by atoms with E-state index in [4.69, 9.17) is 0 Å². The van der Waals surface area contributed by atoms with E-state index >= 15 is 0 Å². The normalized spacial score (nSPS) is 11.5. The lowest BCUT2D eigenvalue weighted by atomic mass is 10.3. The quantitative estimate of drug-likeness (QED) is 0.772. The van der Waals surface area contributed by atoms with Gasteiger partial charge in [-0.25, -0.2) is 18.4 Å². The molecule has 2 heterocycles. The Morgan fingerprint density at radius 1 is 1.14 bits per heavy atom. The molecule has 2 N–H and O–H groups in total. The van der Waals surface area contributed by atoms with Crippen molar-refractivity contribution in [3.8, 4) is 0 Å². The highest BCUT2D eigenvalue weighted by Crippen LogP contribution is 2.23. The van der Waals surface area contributed by atoms with Crippen LogP contribution in [0.15, 0.2) is 46.9 Å². The molecular weight excluding hydrogens is 308 g/mol. The minimum absolute atomic E-state index is 0.117. The predicted molar refractivity (Wildman–Crippen MR) is 84.2 cm³/mol. The Morgan fingerprint density at radius 2 is 2.00 bits per heavy atom. The average Bonchev–Trinajstić information content (AvgIpc) is 2.94. The first kappa shape index (κ1) is 13.8. The van der Waals surface area contributed by atoms with Crippen LogP contribution in [0.5, 0.6) is 0 Å². The van der Waals surface area contributed by atoms with Gasteiger partial charge in [0.05, 0.1) is 21.4 Å². The highest BCUT2D eigenvalue weighted by atomic mass is 32.2. The molecule has 0 aliphatic carbocycles. The minimum atomic E-state index is -3.65. The average molecular weight is 320 g/mol. The summed E-state index contributed by atoms with van der Waals surface area (Å²) >= 11 is 1.46. The standard InChI is InChI=1S/C13H12N4O2S2/c1-14-13-5-3-10(7-15-13)21(18,19)17-9-2-4-11-12(6-9)20-8-16-11/h2-8,17H,1H3,(H,14,15). The fraction of sp³-hybridized carbons (Fsp3) is 0.0769. The number of benzene rings is 1. The maximum Gasteiger partial charge on any atom is 0.263 e. The predicted octanol–water partition coefficient (Wildman–Crippen LogP) is 2.53. The Balaban J connectivity index is 1.90. The van der Waals surface area contributed by atoms with E-state index in [1.165, 1.54) is 23.6 Å². The lowest BCUT2D eigenvalue weighted by Crippen LogP contribution is -2.13. The third-order valence-electron chi connectivity index (χ3n) is 2.89. The van der Waals surface area contributed by atoms with E-state index in [2.05, 4.69) is 20.0 Å². The Morgan fingerprint density at radius 3 is 2.71 bits per heavy atom. The summed E-state index contributed by atoms with van der Waals surface area (Å²) in [5.41, 5.74) is 3.08. The van der Waals surface area contributed by atoms with Crippen LogP contribution < -0.4 is 10.0 Å². The molecule has 0 saturated heterocycles. The van der Waals surface area contributed by atoms with Crippen molar-refractivity contribution in [1.82, 2.24) is 9.97 Å². The molecule has 6 nitrogen and oxygen atoms in total. The van der Waals surface area contributed by atoms with Gasteiger partial charge in [-0.05, 0) is 30.3 Å². The number of rotatable bonds is 4. The molecule has 0 atom stereocenters. The van der Waals surface area contributed by atoms with Crippen LogP contribution in [0.3, 0.4) is 0 Å². The van der Waals surface area contributed by atoms with Gasteiger partial charge in [0, 0.05) is 13.2 Å². The van der Waals surface area contributed by atoms with Gasteiger partial charge in [0.1, 0.15) is 10.7 Å². The Labute approximate surface area is 125 Å². The van der Waals surface area contributed by atoms with Crippen LogP contribution in [0, 0.1) is 0 Å². The van der Waals surface area contributed by atoms with E-state index in [-0.39, 0.29) is 4.90 Å². The number of pyridine rings is 1. The highest BCUT2D eigenvalue weighted by molar-refractivity contribution is 7.92. The maximum atomic E-state index is 12.3. The zero-order valence-corrected chi connectivity index (χ0v) is 12.7. The lowest BCUT2D eigenvalue weighted by molar-refractivity contribution is 0.601. The monoisotopic (exact) mass is 320 g/mol. The van der Waals surface area contributed by atoms with Crippen LogP contribution >= 0.6 is 11.3 Å². The summed E-state index contributed by atoms with van der Waals surface area (Å²) in [4.78, 5) is 8.28. The summed E-state index contributed by atoms with van der Waals surface area (Å²) in [5.74, 6) is 0.611. The van der Waals surface area contributed by atoms with E-state index in [1.54, 1.807) is 36.8 Å². The molecule has 0 bridgehead atoms. The summed E-state index contributed by atoms with van der Waals surface area (Å²) in [6.07, 6.45) is 1.32. The van der Waals surface area contributed by atoms with Crippen molar-refractivity contribution in [3.63, 3.8) is 0 Å². The number of aromatic nitrogens is 2. The third-order valence-corrected chi connectivity index (χ3v) is 5.04. The molecule has 0 fully saturated rings. The SMILES string of the molecule is CNc1ccc(S(=O)(=O)Nc2ccc3ncsc3c2)cn1. The van der Waals surface area contributed by atoms with Crippen molar-refractivity contribution in [2.45, 2.75) is 4.90 Å². The smallest absolute Gasteiger partial charge is 0.263 e. The van der Waals surface area contributed by atoms with E-state index in [0.717, 1.165) is 10.2 Å². The van der Waals surface area contributed by atoms with E-state index in [0.29, 0.717) is 11.5 Å². The molecule has 0 unspecified atom stereocenters. The molecule has 0 saturated carbocycles. The van der Waals surface area contributed by atoms with E-state index < -0.39 is 10.0 Å². The molecule has 0 spiro atoms. The first-order chi connectivity index (χ1) is 10.1. The van der Waals surface area contributed by atoms with Crippen LogP contribution in [-0.2, 0) is 10.0 Å². The van der Waals surface area contributed by atoms with E-state index in [1.807, 2.05) is 0 Å². The minimum Gasteiger partial charge on any atom is -0.373 e. The van der Waals surface area contributed by atoms with Crippen molar-refractivity contribution in [3.05, 3.63) is 42.0 Å². The molecular formula is C13H12N4O2S2. The molecule has 0 radical (unpaired) electrons. The van der Waals surface area contributed by atoms with Gasteiger partial charge in [0.2, 0.25) is 0 Å². The van der Waals surface area contributed by atoms with Gasteiger partial charge in [-0.15, -0.1) is 11.3 Å². The van der Waals surface area contributed by atoms with Crippen molar-refractivity contribution in [2.24, 2.45) is 0 Å². The van der Waals surface area contributed by atoms with Crippen molar-refractivity contribution < 1.29 is 8.42 Å². The first-order valence-electron chi connectivity index (χ1n) is 6.08. The van der Waals surface area contributed by atoms with Crippen LogP contribution in [0.1, 0.15) is 0 Å². The van der Waals surface area contributed by atoms with E-state index in [9.17, 15) is 8.42 Å². The summed E-state index contributed by atoms with van der Waals surface area (Å²) in [6.45, 7) is 0. The van der Waals surface area contributed by atoms with Crippen LogP contribution in [0.2, 0.25) is 0 Å². The second kappa shape index (κ2) is 5.30. The zero-order valence-electron chi connectivity index (χ0n) is 11.1. The number of nitrogens with one attached hydrogen (secondary N) is 2. The molecule has 2 aromatic heterocycles. The van der Waals surface area contributed by atoms with Crippen LogP contribution in [-0.4, -0.2) is 25.4 Å². The second-order valence-electron chi connectivity index (χ2n) is 4.27. The first-order valence-corrected chi connectivity index (χ1v) is 8.45. The topological polar surface area (TPSA) is 84.0 Å². The maximum absolute atomic E-state index is 12.3. The Bertz CT molecular complexity index is 873. The van der Waals surface area contributed by atoms with Gasteiger partial charge in [-0.3, -0.25) is 4.72 Å². The van der Waals surface area contributed by atoms with Crippen molar-refractivity contribution in [2.75, 3.05) is 17.1 Å². The number of hydrogen-bond donors (Lipinski definition) is 2. The number of hydrogen-bond acceptors (Lipinski definition) is 6. The molecule has 0 aliphatic rings. The van der Waals surface area contributed by atoms with Gasteiger partial charge in [-0.2, -0.15) is 0 Å². The summed E-state index contributed by atoms with van der Waals surface area (Å²) in [6, 6.07) is 8.36. The molecule has 1 aromatic carbocycles. The fourth-order valence-corrected chi connectivity index (χ4v) is 3.53. The third kappa shape index (κ3) is 2.81. The van der Waals surface area contributed by atoms with Gasteiger partial charge >= 0.3 is 0 Å². The zero-order chi connectivity index (χ0) is 14.9. The van der Waals surface area contributed by atoms with Crippen LogP contribution in [0.4, 0.5) is 11.5 Å². The molecule has 3 rings (SSSR count). The van der Waals surface area contributed by atoms with Gasteiger partial charge in [-0.1, -0.05) is 0 Å². The molecule has 0 amide bonds. The summed E-state index contributed by atoms with van der Waals surface area (Å²) in [7, 11) is -1.92. The molecule has 8 heteroatoms. The second-order valence-corrected chi connectivity index (χ2v) is 6.84. The molecule has 0 aliphatic heterocycles. The number of anilines is 2. The van der Waals surface area contributed by atoms with Crippen LogP contribution in [0.25, 0.3) is 10.2 Å². The molecule has 108 valence electrons. The Kier molecular flexibility index (Phi) is 3.48. The largest absolute Gasteiger partial charge is 0.373 e.